The highest BCUT2D eigenvalue weighted by molar-refractivity contribution is 5.74. The number of aliphatic carboxylic acids is 1. The first-order chi connectivity index (χ1) is 7.63. The number of carboxylic acid groups (broad SMARTS) is 1. The van der Waals surface area contributed by atoms with Crippen molar-refractivity contribution in [1.82, 2.24) is 5.32 Å². The maximum atomic E-state index is 10.8. The Kier molecular flexibility index (Phi) is 4.12. The van der Waals surface area contributed by atoms with E-state index >= 15 is 0 Å². The number of hydrogen-bond donors (Lipinski definition) is 3. The lowest BCUT2D eigenvalue weighted by atomic mass is 10.1. The number of phenolic OH excluding ortho intramolecular Hbond substituents is 1. The molecule has 1 rings (SSSR count). The van der Waals surface area contributed by atoms with Crippen LogP contribution < -0.4 is 5.32 Å². The van der Waals surface area contributed by atoms with Crippen molar-refractivity contribution in [2.24, 2.45) is 0 Å². The van der Waals surface area contributed by atoms with E-state index in [4.69, 9.17) is 10.2 Å². The molecule has 0 heterocycles. The second kappa shape index (κ2) is 5.58. The molecule has 5 heteroatoms. The van der Waals surface area contributed by atoms with E-state index in [9.17, 15) is 9.59 Å². The molecule has 0 unspecified atom stereocenters. The first-order valence-corrected chi connectivity index (χ1v) is 4.59. The molecule has 16 heavy (non-hydrogen) atoms. The molecular weight excluding hydrogens is 210 g/mol. The van der Waals surface area contributed by atoms with Gasteiger partial charge in [-0.1, -0.05) is 12.1 Å². The van der Waals surface area contributed by atoms with Gasteiger partial charge in [-0.2, -0.15) is 0 Å². The fourth-order valence-electron chi connectivity index (χ4n) is 1.22. The van der Waals surface area contributed by atoms with Gasteiger partial charge in [-0.25, -0.2) is 9.59 Å². The SMILES string of the molecule is O=C=CN[C@@H](Cc1ccc(O)cc1)C(=O)O. The first-order valence-electron chi connectivity index (χ1n) is 4.59. The minimum Gasteiger partial charge on any atom is -0.508 e. The predicted octanol–water partition coefficient (Wildman–Crippen LogP) is 0.323. The Bertz CT molecular complexity index is 406. The summed E-state index contributed by atoms with van der Waals surface area (Å²) in [5, 5.41) is 20.3. The van der Waals surface area contributed by atoms with Crippen LogP contribution in [0.4, 0.5) is 0 Å². The number of nitrogens with one attached hydrogen (secondary N) is 1. The zero-order valence-corrected chi connectivity index (χ0v) is 8.38. The topological polar surface area (TPSA) is 86.6 Å². The monoisotopic (exact) mass is 221 g/mol. The van der Waals surface area contributed by atoms with Gasteiger partial charge in [0.2, 0.25) is 0 Å². The van der Waals surface area contributed by atoms with Crippen molar-refractivity contribution in [1.29, 1.82) is 0 Å². The van der Waals surface area contributed by atoms with Crippen molar-refractivity contribution in [3.05, 3.63) is 36.0 Å². The number of carboxylic acids is 1. The van der Waals surface area contributed by atoms with Crippen LogP contribution in [0.3, 0.4) is 0 Å². The van der Waals surface area contributed by atoms with Crippen molar-refractivity contribution in [2.75, 3.05) is 0 Å². The van der Waals surface area contributed by atoms with Crippen molar-refractivity contribution >= 4 is 11.9 Å². The van der Waals surface area contributed by atoms with Crippen LogP contribution in [0.5, 0.6) is 5.75 Å². The molecule has 0 bridgehead atoms. The Morgan fingerprint density at radius 2 is 2.06 bits per heavy atom. The Morgan fingerprint density at radius 1 is 1.44 bits per heavy atom. The summed E-state index contributed by atoms with van der Waals surface area (Å²) >= 11 is 0. The fraction of sp³-hybridized carbons (Fsp3) is 0.182. The normalized spacial score (nSPS) is 11.2. The van der Waals surface area contributed by atoms with E-state index in [-0.39, 0.29) is 12.2 Å². The molecule has 1 aromatic rings. The molecule has 1 aromatic carbocycles. The van der Waals surface area contributed by atoms with Gasteiger partial charge in [0.15, 0.2) is 0 Å². The molecule has 0 saturated heterocycles. The van der Waals surface area contributed by atoms with Crippen LogP contribution in [0.2, 0.25) is 0 Å². The molecule has 84 valence electrons. The summed E-state index contributed by atoms with van der Waals surface area (Å²) in [6.07, 6.45) is 1.15. The molecular formula is C11H11NO4. The first kappa shape index (κ1) is 11.8. The van der Waals surface area contributed by atoms with E-state index in [0.717, 1.165) is 11.8 Å². The molecule has 0 fully saturated rings. The van der Waals surface area contributed by atoms with Crippen LogP contribution in [0.1, 0.15) is 5.56 Å². The lowest BCUT2D eigenvalue weighted by molar-refractivity contribution is -0.139. The summed E-state index contributed by atoms with van der Waals surface area (Å²) < 4.78 is 0. The van der Waals surface area contributed by atoms with E-state index in [1.165, 1.54) is 18.1 Å². The number of aromatic hydroxyl groups is 1. The van der Waals surface area contributed by atoms with Crippen molar-refractivity contribution in [2.45, 2.75) is 12.5 Å². The van der Waals surface area contributed by atoms with Crippen molar-refractivity contribution in [3.63, 3.8) is 0 Å². The smallest absolute Gasteiger partial charge is 0.326 e. The molecule has 3 N–H and O–H groups in total. The molecule has 0 aliphatic carbocycles. The number of benzene rings is 1. The third-order valence-corrected chi connectivity index (χ3v) is 2.02. The van der Waals surface area contributed by atoms with E-state index in [2.05, 4.69) is 5.32 Å². The van der Waals surface area contributed by atoms with Crippen LogP contribution in [0, 0.1) is 0 Å². The second-order valence-electron chi connectivity index (χ2n) is 3.19. The maximum Gasteiger partial charge on any atom is 0.326 e. The quantitative estimate of drug-likeness (QED) is 0.623. The number of carbonyl (C=O) groups excluding carboxylic acids is 1. The standard InChI is InChI=1S/C11H11NO4/c13-6-5-12-10(11(15)16)7-8-1-3-9(14)4-2-8/h1-5,10,12,14H,7H2,(H,15,16)/t10-/m0/s1. The molecule has 0 saturated carbocycles. The highest BCUT2D eigenvalue weighted by Crippen LogP contribution is 2.11. The minimum atomic E-state index is -1.06. The number of phenols is 1. The molecule has 0 amide bonds. The average Bonchev–Trinajstić information content (AvgIpc) is 2.26. The summed E-state index contributed by atoms with van der Waals surface area (Å²) in [4.78, 5) is 20.8. The molecule has 0 aromatic heterocycles. The van der Waals surface area contributed by atoms with Gasteiger partial charge in [0, 0.05) is 6.42 Å². The Morgan fingerprint density at radius 3 is 2.56 bits per heavy atom. The Labute approximate surface area is 92.0 Å². The van der Waals surface area contributed by atoms with Crippen LogP contribution in [-0.4, -0.2) is 28.2 Å². The molecule has 1 atom stereocenters. The summed E-state index contributed by atoms with van der Waals surface area (Å²) in [5.41, 5.74) is 0.747. The van der Waals surface area contributed by atoms with E-state index in [1.807, 2.05) is 0 Å². The van der Waals surface area contributed by atoms with Gasteiger partial charge in [0.25, 0.3) is 0 Å². The van der Waals surface area contributed by atoms with Gasteiger partial charge in [-0.05, 0) is 17.7 Å². The Balaban J connectivity index is 2.71. The summed E-state index contributed by atoms with van der Waals surface area (Å²) in [6, 6.07) is 5.31. The van der Waals surface area contributed by atoms with Crippen LogP contribution >= 0.6 is 0 Å². The molecule has 0 spiro atoms. The average molecular weight is 221 g/mol. The van der Waals surface area contributed by atoms with Crippen molar-refractivity contribution < 1.29 is 19.8 Å². The van der Waals surface area contributed by atoms with E-state index in [1.54, 1.807) is 12.1 Å². The molecule has 5 nitrogen and oxygen atoms in total. The van der Waals surface area contributed by atoms with E-state index in [0.29, 0.717) is 0 Å². The highest BCUT2D eigenvalue weighted by Gasteiger charge is 2.15. The number of rotatable bonds is 5. The van der Waals surface area contributed by atoms with Crippen LogP contribution in [-0.2, 0) is 16.0 Å². The third-order valence-electron chi connectivity index (χ3n) is 2.02. The van der Waals surface area contributed by atoms with Gasteiger partial charge in [0.1, 0.15) is 17.7 Å². The van der Waals surface area contributed by atoms with Gasteiger partial charge in [-0.3, -0.25) is 0 Å². The lowest BCUT2D eigenvalue weighted by Crippen LogP contribution is -2.35. The fourth-order valence-corrected chi connectivity index (χ4v) is 1.22. The van der Waals surface area contributed by atoms with Gasteiger partial charge >= 0.3 is 5.97 Å². The summed E-state index contributed by atoms with van der Waals surface area (Å²) in [7, 11) is 0. The second-order valence-corrected chi connectivity index (χ2v) is 3.19. The Hall–Kier alpha value is -2.26. The lowest BCUT2D eigenvalue weighted by Gasteiger charge is -2.11. The molecule has 0 aliphatic heterocycles. The summed E-state index contributed by atoms with van der Waals surface area (Å²) in [6.45, 7) is 0. The number of hydrogen-bond acceptors (Lipinski definition) is 4. The van der Waals surface area contributed by atoms with E-state index < -0.39 is 12.0 Å². The van der Waals surface area contributed by atoms with Crippen molar-refractivity contribution in [3.8, 4) is 5.75 Å². The zero-order valence-electron chi connectivity index (χ0n) is 8.38. The summed E-state index contributed by atoms with van der Waals surface area (Å²) in [5.74, 6) is 0.524. The third kappa shape index (κ3) is 3.48. The highest BCUT2D eigenvalue weighted by atomic mass is 16.4. The zero-order chi connectivity index (χ0) is 12.0. The predicted molar refractivity (Wildman–Crippen MR) is 56.6 cm³/mol. The molecule has 0 radical (unpaired) electrons. The number of carbonyl (C=O) groups is 1. The van der Waals surface area contributed by atoms with Gasteiger partial charge < -0.3 is 15.5 Å². The van der Waals surface area contributed by atoms with Gasteiger partial charge in [-0.15, -0.1) is 0 Å². The largest absolute Gasteiger partial charge is 0.508 e. The maximum absolute atomic E-state index is 10.8. The molecule has 0 aliphatic rings. The minimum absolute atomic E-state index is 0.122. The van der Waals surface area contributed by atoms with Gasteiger partial charge in [0.05, 0.1) is 6.20 Å². The van der Waals surface area contributed by atoms with Crippen LogP contribution in [0.15, 0.2) is 30.5 Å². The van der Waals surface area contributed by atoms with Crippen LogP contribution in [0.25, 0.3) is 0 Å².